The molecule has 0 heterocycles. The highest BCUT2D eigenvalue weighted by Crippen LogP contribution is 2.47. The van der Waals surface area contributed by atoms with Crippen LogP contribution in [0.4, 0.5) is 5.69 Å². The molecule has 1 aromatic carbocycles. The number of ether oxygens (including phenoxy) is 1. The van der Waals surface area contributed by atoms with Crippen molar-refractivity contribution in [2.45, 2.75) is 58.6 Å². The summed E-state index contributed by atoms with van der Waals surface area (Å²) in [5.74, 6) is 0. The third kappa shape index (κ3) is 3.58. The minimum absolute atomic E-state index is 0.219. The van der Waals surface area contributed by atoms with Crippen molar-refractivity contribution in [3.63, 3.8) is 0 Å². The maximum Gasteiger partial charge on any atom is 0.0667 e. The van der Waals surface area contributed by atoms with E-state index in [0.717, 1.165) is 32.3 Å². The van der Waals surface area contributed by atoms with Gasteiger partial charge in [-0.15, -0.1) is 0 Å². The molecule has 3 heteroatoms. The molecule has 2 rings (SSSR count). The predicted molar refractivity (Wildman–Crippen MR) is 87.7 cm³/mol. The van der Waals surface area contributed by atoms with Gasteiger partial charge in [0, 0.05) is 30.4 Å². The molecule has 2 N–H and O–H groups in total. The molecule has 0 radical (unpaired) electrons. The topological polar surface area (TPSA) is 41.5 Å². The Bertz CT molecular complexity index is 449. The van der Waals surface area contributed by atoms with Crippen LogP contribution in [0.5, 0.6) is 0 Å². The van der Waals surface area contributed by atoms with Crippen LogP contribution in [0, 0.1) is 5.41 Å². The minimum atomic E-state index is 0.219. The normalized spacial score (nSPS) is 28.2. The Kier molecular flexibility index (Phi) is 5.65. The number of rotatable bonds is 8. The van der Waals surface area contributed by atoms with Gasteiger partial charge < -0.3 is 15.2 Å². The van der Waals surface area contributed by atoms with Gasteiger partial charge in [-0.25, -0.2) is 0 Å². The molecule has 1 aromatic rings. The summed E-state index contributed by atoms with van der Waals surface area (Å²) in [5.41, 5.74) is 2.69. The fourth-order valence-electron chi connectivity index (χ4n) is 3.27. The van der Waals surface area contributed by atoms with Gasteiger partial charge >= 0.3 is 0 Å². The van der Waals surface area contributed by atoms with Gasteiger partial charge in [0.2, 0.25) is 0 Å². The average Bonchev–Trinajstić information content (AvgIpc) is 2.51. The summed E-state index contributed by atoms with van der Waals surface area (Å²) in [6, 6.07) is 9.04. The number of benzene rings is 1. The Morgan fingerprint density at radius 1 is 1.38 bits per heavy atom. The van der Waals surface area contributed by atoms with Gasteiger partial charge in [-0.3, -0.25) is 0 Å². The number of hydrogen-bond donors (Lipinski definition) is 2. The van der Waals surface area contributed by atoms with Crippen molar-refractivity contribution in [3.8, 4) is 0 Å². The molecule has 118 valence electrons. The second-order valence-electron chi connectivity index (χ2n) is 6.26. The van der Waals surface area contributed by atoms with Crippen molar-refractivity contribution in [2.75, 3.05) is 18.5 Å². The number of aryl methyl sites for hydroxylation is 1. The molecule has 1 aliphatic carbocycles. The molecular weight excluding hydrogens is 262 g/mol. The van der Waals surface area contributed by atoms with Crippen molar-refractivity contribution >= 4 is 5.69 Å². The molecule has 21 heavy (non-hydrogen) atoms. The number of nitrogens with one attached hydrogen (secondary N) is 1. The molecule has 3 atom stereocenters. The van der Waals surface area contributed by atoms with Gasteiger partial charge in [-0.05, 0) is 50.3 Å². The summed E-state index contributed by atoms with van der Waals surface area (Å²) < 4.78 is 5.86. The lowest BCUT2D eigenvalue weighted by Crippen LogP contribution is -2.59. The summed E-state index contributed by atoms with van der Waals surface area (Å²) in [7, 11) is 0. The Hall–Kier alpha value is -1.06. The van der Waals surface area contributed by atoms with E-state index in [9.17, 15) is 0 Å². The van der Waals surface area contributed by atoms with Crippen LogP contribution in [0.3, 0.4) is 0 Å². The Morgan fingerprint density at radius 3 is 2.86 bits per heavy atom. The van der Waals surface area contributed by atoms with Crippen LogP contribution < -0.4 is 5.32 Å². The van der Waals surface area contributed by atoms with Gasteiger partial charge in [0.05, 0.1) is 6.10 Å². The molecule has 0 saturated heterocycles. The van der Waals surface area contributed by atoms with E-state index in [4.69, 9.17) is 9.84 Å². The highest BCUT2D eigenvalue weighted by molar-refractivity contribution is 5.48. The average molecular weight is 291 g/mol. The Morgan fingerprint density at radius 2 is 2.19 bits per heavy atom. The zero-order chi connectivity index (χ0) is 15.3. The lowest BCUT2D eigenvalue weighted by atomic mass is 9.61. The van der Waals surface area contributed by atoms with Crippen molar-refractivity contribution in [1.29, 1.82) is 0 Å². The van der Waals surface area contributed by atoms with E-state index in [2.05, 4.69) is 50.4 Å². The predicted octanol–water partition coefficient (Wildman–Crippen LogP) is 3.62. The molecule has 0 aromatic heterocycles. The van der Waals surface area contributed by atoms with E-state index in [1.54, 1.807) is 0 Å². The SMILES string of the molecule is CCOC1CC(Nc2cccc(CCCO)c2)C1(C)CC. The van der Waals surface area contributed by atoms with Crippen LogP contribution in [0.2, 0.25) is 0 Å². The Labute approximate surface area is 128 Å². The first-order chi connectivity index (χ1) is 10.1. The van der Waals surface area contributed by atoms with E-state index in [-0.39, 0.29) is 12.0 Å². The van der Waals surface area contributed by atoms with Crippen molar-refractivity contribution in [3.05, 3.63) is 29.8 Å². The van der Waals surface area contributed by atoms with E-state index < -0.39 is 0 Å². The van der Waals surface area contributed by atoms with E-state index in [1.807, 2.05) is 0 Å². The van der Waals surface area contributed by atoms with Gasteiger partial charge in [0.15, 0.2) is 0 Å². The summed E-state index contributed by atoms with van der Waals surface area (Å²) in [5, 5.41) is 12.6. The molecule has 3 nitrogen and oxygen atoms in total. The van der Waals surface area contributed by atoms with E-state index in [1.165, 1.54) is 11.3 Å². The lowest BCUT2D eigenvalue weighted by molar-refractivity contribution is -0.109. The van der Waals surface area contributed by atoms with Crippen molar-refractivity contribution < 1.29 is 9.84 Å². The van der Waals surface area contributed by atoms with Crippen LogP contribution in [0.15, 0.2) is 24.3 Å². The molecule has 1 fully saturated rings. The van der Waals surface area contributed by atoms with Crippen LogP contribution in [-0.2, 0) is 11.2 Å². The molecule has 0 bridgehead atoms. The van der Waals surface area contributed by atoms with Gasteiger partial charge in [-0.1, -0.05) is 26.0 Å². The van der Waals surface area contributed by atoms with Crippen molar-refractivity contribution in [2.24, 2.45) is 5.41 Å². The molecule has 3 unspecified atom stereocenters. The number of aliphatic hydroxyl groups excluding tert-OH is 1. The molecular formula is C18H29NO2. The summed E-state index contributed by atoms with van der Waals surface area (Å²) in [6.07, 6.45) is 4.34. The van der Waals surface area contributed by atoms with Crippen LogP contribution in [0.1, 0.15) is 45.6 Å². The first kappa shape index (κ1) is 16.3. The first-order valence-corrected chi connectivity index (χ1v) is 8.22. The molecule has 1 aliphatic rings. The highest BCUT2D eigenvalue weighted by atomic mass is 16.5. The highest BCUT2D eigenvalue weighted by Gasteiger charge is 2.51. The largest absolute Gasteiger partial charge is 0.396 e. The maximum absolute atomic E-state index is 8.94. The molecule has 0 amide bonds. The molecule has 1 saturated carbocycles. The summed E-state index contributed by atoms with van der Waals surface area (Å²) in [6.45, 7) is 7.69. The Balaban J connectivity index is 1.98. The zero-order valence-corrected chi connectivity index (χ0v) is 13.6. The number of aliphatic hydroxyl groups is 1. The monoisotopic (exact) mass is 291 g/mol. The molecule has 0 aliphatic heterocycles. The van der Waals surface area contributed by atoms with E-state index >= 15 is 0 Å². The fourth-order valence-corrected chi connectivity index (χ4v) is 3.27. The second kappa shape index (κ2) is 7.28. The quantitative estimate of drug-likeness (QED) is 0.768. The fraction of sp³-hybridized carbons (Fsp3) is 0.667. The minimum Gasteiger partial charge on any atom is -0.396 e. The maximum atomic E-state index is 8.94. The lowest BCUT2D eigenvalue weighted by Gasteiger charge is -2.54. The van der Waals surface area contributed by atoms with Gasteiger partial charge in [0.1, 0.15) is 0 Å². The van der Waals surface area contributed by atoms with E-state index in [0.29, 0.717) is 12.1 Å². The first-order valence-electron chi connectivity index (χ1n) is 8.22. The van der Waals surface area contributed by atoms with Gasteiger partial charge in [-0.2, -0.15) is 0 Å². The van der Waals surface area contributed by atoms with Crippen LogP contribution >= 0.6 is 0 Å². The van der Waals surface area contributed by atoms with Crippen LogP contribution in [-0.4, -0.2) is 30.5 Å². The summed E-state index contributed by atoms with van der Waals surface area (Å²) in [4.78, 5) is 0. The number of hydrogen-bond acceptors (Lipinski definition) is 3. The third-order valence-corrected chi connectivity index (χ3v) is 5.00. The van der Waals surface area contributed by atoms with Crippen molar-refractivity contribution in [1.82, 2.24) is 0 Å². The van der Waals surface area contributed by atoms with Gasteiger partial charge in [0.25, 0.3) is 0 Å². The smallest absolute Gasteiger partial charge is 0.0667 e. The zero-order valence-electron chi connectivity index (χ0n) is 13.6. The standard InChI is InChI=1S/C18H29NO2/c1-4-18(3)16(13-17(18)21-5-2)19-15-10-6-8-14(12-15)9-7-11-20/h6,8,10,12,16-17,19-20H,4-5,7,9,11,13H2,1-3H3. The second-order valence-corrected chi connectivity index (χ2v) is 6.26. The molecule has 0 spiro atoms. The summed E-state index contributed by atoms with van der Waals surface area (Å²) >= 11 is 0. The third-order valence-electron chi connectivity index (χ3n) is 5.00. The number of anilines is 1. The van der Waals surface area contributed by atoms with Crippen LogP contribution in [0.25, 0.3) is 0 Å².